The molecule has 0 atom stereocenters. The second-order valence-electron chi connectivity index (χ2n) is 6.63. The van der Waals surface area contributed by atoms with Crippen molar-refractivity contribution in [2.75, 3.05) is 0 Å². The number of hydrogen-bond donors (Lipinski definition) is 1. The fraction of sp³-hybridized carbons (Fsp3) is 0.0870. The zero-order chi connectivity index (χ0) is 23.7. The van der Waals surface area contributed by atoms with Crippen LogP contribution in [0, 0.1) is 0 Å². The lowest BCUT2D eigenvalue weighted by molar-refractivity contribution is 0.130. The van der Waals surface area contributed by atoms with Crippen LogP contribution in [-0.4, -0.2) is 30.9 Å². The normalized spacial score (nSPS) is 11.5. The van der Waals surface area contributed by atoms with E-state index in [-0.39, 0.29) is 22.4 Å². The molecule has 0 heterocycles. The summed E-state index contributed by atoms with van der Waals surface area (Å²) < 4.78 is 36.5. The lowest BCUT2D eigenvalue weighted by Crippen LogP contribution is -2.46. The van der Waals surface area contributed by atoms with Crippen LogP contribution in [0.5, 0.6) is 0 Å². The van der Waals surface area contributed by atoms with E-state index in [0.717, 1.165) is 0 Å². The highest BCUT2D eigenvalue weighted by Crippen LogP contribution is 2.17. The summed E-state index contributed by atoms with van der Waals surface area (Å²) in [7, 11) is -4.52. The SMILES string of the molecule is NC(=NC(=O)OCc1ccccc1)N(C(=O)OCc1ccccc1)S(=O)(=O)c1ccccc1. The Hall–Kier alpha value is -4.18. The van der Waals surface area contributed by atoms with Crippen LogP contribution in [0.1, 0.15) is 11.1 Å². The molecule has 33 heavy (non-hydrogen) atoms. The highest BCUT2D eigenvalue weighted by atomic mass is 32.2. The number of nitrogens with zero attached hydrogens (tertiary/aromatic N) is 2. The van der Waals surface area contributed by atoms with Gasteiger partial charge in [0.1, 0.15) is 13.2 Å². The lowest BCUT2D eigenvalue weighted by Gasteiger charge is -2.20. The second kappa shape index (κ2) is 10.9. The molecule has 0 aromatic heterocycles. The van der Waals surface area contributed by atoms with Crippen molar-refractivity contribution >= 4 is 28.2 Å². The van der Waals surface area contributed by atoms with Gasteiger partial charge in [-0.2, -0.15) is 0 Å². The Balaban J connectivity index is 1.82. The molecule has 9 nitrogen and oxygen atoms in total. The van der Waals surface area contributed by atoms with Gasteiger partial charge in [-0.1, -0.05) is 78.9 Å². The van der Waals surface area contributed by atoms with Crippen LogP contribution < -0.4 is 5.73 Å². The molecule has 3 aromatic rings. The number of carbonyl (C=O) groups is 2. The van der Waals surface area contributed by atoms with Crippen molar-refractivity contribution in [3.8, 4) is 0 Å². The van der Waals surface area contributed by atoms with E-state index in [2.05, 4.69) is 4.99 Å². The van der Waals surface area contributed by atoms with Crippen molar-refractivity contribution in [3.63, 3.8) is 0 Å². The second-order valence-corrected chi connectivity index (χ2v) is 8.42. The number of guanidine groups is 1. The van der Waals surface area contributed by atoms with Crippen LogP contribution in [0.25, 0.3) is 0 Å². The highest BCUT2D eigenvalue weighted by molar-refractivity contribution is 7.90. The number of benzene rings is 3. The number of sulfonamides is 1. The van der Waals surface area contributed by atoms with E-state index in [1.807, 2.05) is 0 Å². The molecule has 0 fully saturated rings. The predicted octanol–water partition coefficient (Wildman–Crippen LogP) is 3.67. The summed E-state index contributed by atoms with van der Waals surface area (Å²) in [5, 5.41) is 0. The first-order chi connectivity index (χ1) is 15.9. The van der Waals surface area contributed by atoms with Gasteiger partial charge in [-0.05, 0) is 23.3 Å². The molecule has 3 rings (SSSR count). The third-order valence-electron chi connectivity index (χ3n) is 4.27. The largest absolute Gasteiger partial charge is 0.443 e. The number of rotatable bonds is 6. The van der Waals surface area contributed by atoms with Crippen molar-refractivity contribution in [2.24, 2.45) is 10.7 Å². The first-order valence-corrected chi connectivity index (χ1v) is 11.2. The lowest BCUT2D eigenvalue weighted by atomic mass is 10.2. The number of ether oxygens (including phenoxy) is 2. The minimum absolute atomic E-state index is 0.111. The van der Waals surface area contributed by atoms with Gasteiger partial charge in [-0.25, -0.2) is 18.0 Å². The standard InChI is InChI=1S/C23H21N3O6S/c24-21(25-22(27)31-16-18-10-4-1-5-11-18)26(33(29,30)20-14-8-3-9-15-20)23(28)32-17-19-12-6-2-7-13-19/h1-15H,16-17H2,(H2,24,25,27). The van der Waals surface area contributed by atoms with Gasteiger partial charge >= 0.3 is 12.2 Å². The molecule has 3 aromatic carbocycles. The van der Waals surface area contributed by atoms with Crippen LogP contribution >= 0.6 is 0 Å². The summed E-state index contributed by atoms with van der Waals surface area (Å²) in [5.41, 5.74) is 7.09. The molecule has 10 heteroatoms. The Bertz CT molecular complexity index is 1220. The van der Waals surface area contributed by atoms with E-state index in [4.69, 9.17) is 15.2 Å². The number of nitrogens with two attached hydrogens (primary N) is 1. The number of aliphatic imine (C=N–C) groups is 1. The first-order valence-electron chi connectivity index (χ1n) is 9.74. The summed E-state index contributed by atoms with van der Waals surface area (Å²) in [6.07, 6.45) is -2.49. The molecule has 2 N–H and O–H groups in total. The third-order valence-corrected chi connectivity index (χ3v) is 5.96. The monoisotopic (exact) mass is 467 g/mol. The zero-order valence-corrected chi connectivity index (χ0v) is 18.2. The van der Waals surface area contributed by atoms with Crippen LogP contribution in [-0.2, 0) is 32.7 Å². The van der Waals surface area contributed by atoms with E-state index in [9.17, 15) is 18.0 Å². The van der Waals surface area contributed by atoms with E-state index < -0.39 is 28.2 Å². The van der Waals surface area contributed by atoms with Gasteiger partial charge in [0, 0.05) is 0 Å². The molecular formula is C23H21N3O6S. The van der Waals surface area contributed by atoms with Crippen molar-refractivity contribution in [1.82, 2.24) is 4.31 Å². The molecule has 170 valence electrons. The molecule has 0 saturated heterocycles. The Morgan fingerprint density at radius 3 is 1.73 bits per heavy atom. The van der Waals surface area contributed by atoms with E-state index in [1.54, 1.807) is 66.7 Å². The van der Waals surface area contributed by atoms with Crippen LogP contribution in [0.4, 0.5) is 9.59 Å². The van der Waals surface area contributed by atoms with Crippen LogP contribution in [0.2, 0.25) is 0 Å². The molecule has 0 aliphatic heterocycles. The van der Waals surface area contributed by atoms with Gasteiger partial charge in [0.25, 0.3) is 10.0 Å². The van der Waals surface area contributed by atoms with Crippen molar-refractivity contribution in [1.29, 1.82) is 0 Å². The van der Waals surface area contributed by atoms with E-state index in [0.29, 0.717) is 11.1 Å². The molecule has 2 amide bonds. The molecule has 0 bridgehead atoms. The van der Waals surface area contributed by atoms with Gasteiger partial charge < -0.3 is 15.2 Å². The quantitative estimate of drug-likeness (QED) is 0.433. The topological polar surface area (TPSA) is 128 Å². The first kappa shape index (κ1) is 23.5. The number of amides is 2. The average Bonchev–Trinajstić information content (AvgIpc) is 2.83. The maximum absolute atomic E-state index is 13.1. The Morgan fingerprint density at radius 1 is 0.758 bits per heavy atom. The summed E-state index contributed by atoms with van der Waals surface area (Å²) >= 11 is 0. The summed E-state index contributed by atoms with van der Waals surface area (Å²) in [6.45, 7) is -0.327. The fourth-order valence-corrected chi connectivity index (χ4v) is 3.93. The minimum Gasteiger partial charge on any atom is -0.443 e. The summed E-state index contributed by atoms with van der Waals surface area (Å²) in [5.74, 6) is -0.907. The van der Waals surface area contributed by atoms with Gasteiger partial charge in [0.2, 0.25) is 5.96 Å². The Kier molecular flexibility index (Phi) is 7.77. The van der Waals surface area contributed by atoms with Gasteiger partial charge in [0.15, 0.2) is 0 Å². The smallest absolute Gasteiger partial charge is 0.437 e. The van der Waals surface area contributed by atoms with Gasteiger partial charge in [-0.15, -0.1) is 9.30 Å². The summed E-state index contributed by atoms with van der Waals surface area (Å²) in [6, 6.07) is 24.5. The molecular weight excluding hydrogens is 446 g/mol. The van der Waals surface area contributed by atoms with Crippen LogP contribution in [0.15, 0.2) is 101 Å². The predicted molar refractivity (Wildman–Crippen MR) is 120 cm³/mol. The fourth-order valence-electron chi connectivity index (χ4n) is 2.68. The third kappa shape index (κ3) is 6.40. The maximum Gasteiger partial charge on any atom is 0.437 e. The highest BCUT2D eigenvalue weighted by Gasteiger charge is 2.34. The zero-order valence-electron chi connectivity index (χ0n) is 17.4. The molecule has 0 spiro atoms. The Morgan fingerprint density at radius 2 is 1.21 bits per heavy atom. The summed E-state index contributed by atoms with van der Waals surface area (Å²) in [4.78, 5) is 28.1. The molecule has 0 radical (unpaired) electrons. The Labute approximate surface area is 191 Å². The molecule has 0 unspecified atom stereocenters. The average molecular weight is 468 g/mol. The van der Waals surface area contributed by atoms with Crippen molar-refractivity contribution < 1.29 is 27.5 Å². The van der Waals surface area contributed by atoms with Gasteiger partial charge in [-0.3, -0.25) is 0 Å². The van der Waals surface area contributed by atoms with E-state index in [1.165, 1.54) is 24.3 Å². The maximum atomic E-state index is 13.1. The number of carbonyl (C=O) groups excluding carboxylic acids is 2. The molecule has 0 aliphatic rings. The van der Waals surface area contributed by atoms with E-state index >= 15 is 0 Å². The number of hydrogen-bond acceptors (Lipinski definition) is 6. The van der Waals surface area contributed by atoms with Gasteiger partial charge in [0.05, 0.1) is 4.90 Å². The molecule has 0 saturated carbocycles. The minimum atomic E-state index is -4.52. The molecule has 0 aliphatic carbocycles. The van der Waals surface area contributed by atoms with Crippen molar-refractivity contribution in [2.45, 2.75) is 18.1 Å². The van der Waals surface area contributed by atoms with Crippen LogP contribution in [0.3, 0.4) is 0 Å². The van der Waals surface area contributed by atoms with Crippen molar-refractivity contribution in [3.05, 3.63) is 102 Å².